The zero-order valence-corrected chi connectivity index (χ0v) is 19.0. The predicted molar refractivity (Wildman–Crippen MR) is 121 cm³/mol. The average molecular weight is 518 g/mol. The number of rotatable bonds is 4. The largest absolute Gasteiger partial charge is 0.493 e. The number of fused-ring (bicyclic) bond motifs is 2. The van der Waals surface area contributed by atoms with E-state index in [9.17, 15) is 31.5 Å². The molecule has 8 nitrogen and oxygen atoms in total. The molecule has 0 radical (unpaired) electrons. The fraction of sp³-hybridized carbons (Fsp3) is 0.125. The molecule has 37 heavy (non-hydrogen) atoms. The quantitative estimate of drug-likeness (QED) is 0.346. The van der Waals surface area contributed by atoms with Crippen LogP contribution in [0.15, 0.2) is 53.6 Å². The van der Waals surface area contributed by atoms with E-state index in [-0.39, 0.29) is 39.0 Å². The van der Waals surface area contributed by atoms with Crippen LogP contribution in [-0.4, -0.2) is 31.4 Å². The summed E-state index contributed by atoms with van der Waals surface area (Å²) >= 11 is 0. The van der Waals surface area contributed by atoms with Crippen LogP contribution in [0, 0.1) is 18.6 Å². The summed E-state index contributed by atoms with van der Waals surface area (Å²) in [6.07, 6.45) is -2.89. The smallest absolute Gasteiger partial charge is 0.451 e. The Balaban J connectivity index is 1.75. The number of aryl methyl sites for hydroxylation is 2. The third-order valence-corrected chi connectivity index (χ3v) is 5.52. The van der Waals surface area contributed by atoms with Crippen molar-refractivity contribution in [1.29, 1.82) is 0 Å². The Kier molecular flexibility index (Phi) is 5.50. The Bertz CT molecular complexity index is 1770. The Morgan fingerprint density at radius 3 is 2.54 bits per heavy atom. The minimum Gasteiger partial charge on any atom is -0.451 e. The first kappa shape index (κ1) is 24.0. The summed E-state index contributed by atoms with van der Waals surface area (Å²) in [5.41, 5.74) is 0.264. The summed E-state index contributed by atoms with van der Waals surface area (Å²) in [4.78, 5) is 36.0. The fourth-order valence-corrected chi connectivity index (χ4v) is 3.92. The molecule has 190 valence electrons. The maximum Gasteiger partial charge on any atom is 0.493 e. The van der Waals surface area contributed by atoms with Gasteiger partial charge in [-0.2, -0.15) is 17.9 Å². The molecule has 3 aromatic heterocycles. The molecule has 0 aliphatic carbocycles. The van der Waals surface area contributed by atoms with Crippen molar-refractivity contribution in [3.63, 3.8) is 0 Å². The second-order valence-corrected chi connectivity index (χ2v) is 8.08. The Morgan fingerprint density at radius 1 is 1.08 bits per heavy atom. The summed E-state index contributed by atoms with van der Waals surface area (Å²) in [5, 5.41) is 0.120. The third kappa shape index (κ3) is 4.17. The van der Waals surface area contributed by atoms with E-state index in [2.05, 4.69) is 14.8 Å². The van der Waals surface area contributed by atoms with E-state index >= 15 is 0 Å². The molecule has 1 N–H and O–H groups in total. The molecule has 13 heteroatoms. The highest BCUT2D eigenvalue weighted by Gasteiger charge is 2.42. The number of aromatic nitrogens is 4. The molecule has 0 amide bonds. The van der Waals surface area contributed by atoms with Gasteiger partial charge in [0.05, 0.1) is 5.52 Å². The van der Waals surface area contributed by atoms with Crippen molar-refractivity contribution in [2.24, 2.45) is 7.05 Å². The molecular formula is C24H15F5N4O4. The van der Waals surface area contributed by atoms with Gasteiger partial charge >= 0.3 is 12.1 Å². The van der Waals surface area contributed by atoms with E-state index in [1.165, 1.54) is 19.3 Å². The Labute approximate surface area is 203 Å². The highest BCUT2D eigenvalue weighted by molar-refractivity contribution is 6.00. The molecule has 0 unspecified atom stereocenters. The van der Waals surface area contributed by atoms with Crippen molar-refractivity contribution in [3.8, 4) is 22.6 Å². The van der Waals surface area contributed by atoms with E-state index < -0.39 is 29.3 Å². The molecule has 0 fully saturated rings. The first-order valence-electron chi connectivity index (χ1n) is 10.6. The maximum absolute atomic E-state index is 14.5. The number of nitrogens with one attached hydrogen (secondary N) is 1. The summed E-state index contributed by atoms with van der Waals surface area (Å²) in [6.45, 7) is 1.68. The number of carbonyl (C=O) groups is 1. The molecule has 3 heterocycles. The lowest BCUT2D eigenvalue weighted by Gasteiger charge is -2.15. The molecule has 0 spiro atoms. The zero-order valence-electron chi connectivity index (χ0n) is 19.0. The van der Waals surface area contributed by atoms with Crippen LogP contribution in [0.2, 0.25) is 0 Å². The highest BCUT2D eigenvalue weighted by atomic mass is 19.4. The third-order valence-electron chi connectivity index (χ3n) is 5.52. The number of pyridine rings is 1. The zero-order chi connectivity index (χ0) is 26.6. The molecule has 0 saturated carbocycles. The topological polar surface area (TPSA) is 91.1 Å². The summed E-state index contributed by atoms with van der Waals surface area (Å²) < 4.78 is 73.7. The van der Waals surface area contributed by atoms with Gasteiger partial charge < -0.3 is 19.1 Å². The van der Waals surface area contributed by atoms with Gasteiger partial charge in [-0.15, -0.1) is 0 Å². The second-order valence-electron chi connectivity index (χ2n) is 8.08. The predicted octanol–water partition coefficient (Wildman–Crippen LogP) is 4.78. The number of imidazole rings is 1. The van der Waals surface area contributed by atoms with E-state index in [0.29, 0.717) is 22.1 Å². The summed E-state index contributed by atoms with van der Waals surface area (Å²) in [5.74, 6) is -4.07. The molecule has 0 aliphatic rings. The fourth-order valence-electron chi connectivity index (χ4n) is 3.92. The van der Waals surface area contributed by atoms with Crippen LogP contribution in [0.4, 0.5) is 22.0 Å². The van der Waals surface area contributed by atoms with E-state index in [1.807, 2.05) is 0 Å². The van der Waals surface area contributed by atoms with Crippen molar-refractivity contribution in [2.45, 2.75) is 13.1 Å². The van der Waals surface area contributed by atoms with Crippen LogP contribution >= 0.6 is 0 Å². The average Bonchev–Trinajstić information content (AvgIpc) is 3.41. The van der Waals surface area contributed by atoms with E-state index in [1.54, 1.807) is 19.1 Å². The van der Waals surface area contributed by atoms with E-state index in [0.717, 1.165) is 22.9 Å². The number of hydrogen-bond acceptors (Lipinski definition) is 5. The molecule has 5 aromatic rings. The number of benzene rings is 2. The first-order valence-corrected chi connectivity index (χ1v) is 10.6. The van der Waals surface area contributed by atoms with Crippen LogP contribution in [0.5, 0.6) is 11.5 Å². The molecule has 0 bridgehead atoms. The van der Waals surface area contributed by atoms with Crippen molar-refractivity contribution in [1.82, 2.24) is 19.3 Å². The normalized spacial score (nSPS) is 11.9. The van der Waals surface area contributed by atoms with Gasteiger partial charge in [0.1, 0.15) is 17.2 Å². The van der Waals surface area contributed by atoms with Gasteiger partial charge in [-0.3, -0.25) is 4.79 Å². The monoisotopic (exact) mass is 518 g/mol. The van der Waals surface area contributed by atoms with E-state index in [4.69, 9.17) is 4.74 Å². The van der Waals surface area contributed by atoms with Gasteiger partial charge in [-0.05, 0) is 37.3 Å². The van der Waals surface area contributed by atoms with Gasteiger partial charge in [0.15, 0.2) is 22.8 Å². The van der Waals surface area contributed by atoms with Crippen molar-refractivity contribution < 1.29 is 36.3 Å². The minimum absolute atomic E-state index is 0.0346. The first-order chi connectivity index (χ1) is 17.4. The van der Waals surface area contributed by atoms with Gasteiger partial charge in [0.25, 0.3) is 5.56 Å². The van der Waals surface area contributed by atoms with Crippen LogP contribution in [0.3, 0.4) is 0 Å². The number of halogens is 5. The van der Waals surface area contributed by atoms with Crippen LogP contribution in [-0.2, 0) is 11.8 Å². The molecule has 0 aliphatic heterocycles. The second kappa shape index (κ2) is 8.47. The van der Waals surface area contributed by atoms with Crippen LogP contribution < -0.4 is 15.1 Å². The number of H-pyrrole nitrogens is 1. The lowest BCUT2D eigenvalue weighted by atomic mass is 10.0. The number of nitrogens with zero attached hydrogens (tertiary/aromatic N) is 3. The van der Waals surface area contributed by atoms with Gasteiger partial charge in [-0.25, -0.2) is 18.6 Å². The number of alkyl halides is 3. The van der Waals surface area contributed by atoms with Crippen molar-refractivity contribution in [3.05, 3.63) is 76.6 Å². The molecular weight excluding hydrogens is 503 g/mol. The SMILES string of the molecule is Cc1nc2c(Oc3ccc(F)cc3F)c(-c3cn(C)c(=O)c4c3ccn4OC(=O)C(F)(F)F)ccc2[nH]1. The Morgan fingerprint density at radius 2 is 1.84 bits per heavy atom. The Hall–Kier alpha value is -4.68. The number of ether oxygens (including phenoxy) is 1. The maximum atomic E-state index is 14.5. The highest BCUT2D eigenvalue weighted by Crippen LogP contribution is 2.41. The number of aromatic amines is 1. The molecule has 2 aromatic carbocycles. The van der Waals surface area contributed by atoms with Crippen molar-refractivity contribution in [2.75, 3.05) is 0 Å². The number of hydrogen-bond donors (Lipinski definition) is 1. The van der Waals surface area contributed by atoms with Gasteiger partial charge in [0.2, 0.25) is 0 Å². The van der Waals surface area contributed by atoms with Crippen LogP contribution in [0.25, 0.3) is 33.1 Å². The minimum atomic E-state index is -5.29. The standard InChI is InChI=1S/C24H15F5N4O4/c1-11-30-17-5-4-14(21(19(17)31-11)36-18-6-3-12(25)9-16(18)26)15-10-32(2)22(34)20-13(15)7-8-33(20)37-23(35)24(27,28)29/h3-10H,1-2H3,(H,30,31). The number of carbonyl (C=O) groups excluding carboxylic acids is 1. The van der Waals surface area contributed by atoms with Crippen LogP contribution in [0.1, 0.15) is 5.82 Å². The molecule has 5 rings (SSSR count). The van der Waals surface area contributed by atoms with Gasteiger partial charge in [0, 0.05) is 42.0 Å². The van der Waals surface area contributed by atoms with Crippen molar-refractivity contribution >= 4 is 27.9 Å². The summed E-state index contributed by atoms with van der Waals surface area (Å²) in [7, 11) is 1.35. The van der Waals surface area contributed by atoms with Gasteiger partial charge in [-0.1, -0.05) is 0 Å². The molecule has 0 atom stereocenters. The lowest BCUT2D eigenvalue weighted by molar-refractivity contribution is -0.199. The summed E-state index contributed by atoms with van der Waals surface area (Å²) in [6, 6.07) is 7.26. The lowest BCUT2D eigenvalue weighted by Crippen LogP contribution is -2.34. The molecule has 0 saturated heterocycles.